The second-order valence-corrected chi connectivity index (χ2v) is 7.95. The number of carbonyl (C=O) groups is 2. The van der Waals surface area contributed by atoms with E-state index < -0.39 is 12.1 Å². The minimum atomic E-state index is -5.08. The van der Waals surface area contributed by atoms with Gasteiger partial charge in [0.1, 0.15) is 5.76 Å². The molecule has 3 heterocycles. The van der Waals surface area contributed by atoms with E-state index in [0.717, 1.165) is 50.2 Å². The number of benzene rings is 1. The summed E-state index contributed by atoms with van der Waals surface area (Å²) in [6, 6.07) is 14.2. The Kier molecular flexibility index (Phi) is 6.74. The molecule has 2 saturated heterocycles. The first-order valence-corrected chi connectivity index (χ1v) is 10.00. The van der Waals surface area contributed by atoms with E-state index in [9.17, 15) is 18.0 Å². The van der Waals surface area contributed by atoms with Crippen LogP contribution in [-0.4, -0.2) is 58.6 Å². The number of amides is 1. The van der Waals surface area contributed by atoms with Crippen molar-refractivity contribution in [2.75, 3.05) is 20.1 Å². The molecule has 0 bridgehead atoms. The van der Waals surface area contributed by atoms with Crippen LogP contribution in [0.15, 0.2) is 53.1 Å². The normalized spacial score (nSPS) is 21.1. The first-order valence-electron chi connectivity index (χ1n) is 10.00. The topological polar surface area (TPSA) is 74.0 Å². The molecule has 1 amide bonds. The number of aliphatic carboxylic acids is 1. The number of likely N-dealkylation sites (tertiary alicyclic amines) is 2. The maximum absolute atomic E-state index is 12.8. The highest BCUT2D eigenvalue weighted by Gasteiger charge is 2.50. The van der Waals surface area contributed by atoms with Gasteiger partial charge in [-0.05, 0) is 37.0 Å². The molecule has 31 heavy (non-hydrogen) atoms. The van der Waals surface area contributed by atoms with Gasteiger partial charge in [0.25, 0.3) is 0 Å². The van der Waals surface area contributed by atoms with Gasteiger partial charge in [0.05, 0.1) is 18.7 Å². The zero-order valence-electron chi connectivity index (χ0n) is 17.1. The van der Waals surface area contributed by atoms with Crippen molar-refractivity contribution >= 4 is 11.9 Å². The second kappa shape index (κ2) is 9.13. The Morgan fingerprint density at radius 1 is 1.16 bits per heavy atom. The van der Waals surface area contributed by atoms with Crippen LogP contribution in [0.1, 0.15) is 36.5 Å². The van der Waals surface area contributed by atoms with Gasteiger partial charge >= 0.3 is 12.1 Å². The molecule has 0 aliphatic carbocycles. The van der Waals surface area contributed by atoms with Crippen molar-refractivity contribution < 1.29 is 32.3 Å². The average Bonchev–Trinajstić information content (AvgIpc) is 3.33. The van der Waals surface area contributed by atoms with Crippen LogP contribution in [0.25, 0.3) is 0 Å². The molecule has 1 unspecified atom stereocenters. The first kappa shape index (κ1) is 22.9. The monoisotopic (exact) mass is 438 g/mol. The lowest BCUT2D eigenvalue weighted by molar-refractivity contribution is -0.192. The van der Waals surface area contributed by atoms with Gasteiger partial charge in [-0.25, -0.2) is 4.79 Å². The summed E-state index contributed by atoms with van der Waals surface area (Å²) in [4.78, 5) is 26.2. The van der Waals surface area contributed by atoms with Crippen molar-refractivity contribution in [3.8, 4) is 0 Å². The van der Waals surface area contributed by atoms with Gasteiger partial charge in [-0.3, -0.25) is 9.69 Å². The predicted octanol–water partition coefficient (Wildman–Crippen LogP) is 3.89. The number of piperidine rings is 1. The molecule has 9 heteroatoms. The van der Waals surface area contributed by atoms with Crippen molar-refractivity contribution in [1.82, 2.24) is 9.80 Å². The van der Waals surface area contributed by atoms with Crippen molar-refractivity contribution in [3.05, 3.63) is 60.1 Å². The molecule has 1 N–H and O–H groups in total. The van der Waals surface area contributed by atoms with Gasteiger partial charge in [0, 0.05) is 25.7 Å². The Labute approximate surface area is 178 Å². The zero-order valence-corrected chi connectivity index (χ0v) is 17.1. The number of carbonyl (C=O) groups excluding carboxylic acids is 1. The molecule has 1 atom stereocenters. The molecular weight excluding hydrogens is 413 g/mol. The molecule has 2 aromatic rings. The van der Waals surface area contributed by atoms with E-state index >= 15 is 0 Å². The quantitative estimate of drug-likeness (QED) is 0.787. The molecule has 0 saturated carbocycles. The largest absolute Gasteiger partial charge is 0.490 e. The van der Waals surface area contributed by atoms with E-state index in [1.165, 1.54) is 0 Å². The van der Waals surface area contributed by atoms with Crippen molar-refractivity contribution in [2.45, 2.75) is 43.4 Å². The van der Waals surface area contributed by atoms with E-state index in [1.54, 1.807) is 6.26 Å². The van der Waals surface area contributed by atoms with E-state index in [4.69, 9.17) is 14.3 Å². The molecular formula is C22H25F3N2O4. The van der Waals surface area contributed by atoms with E-state index in [0.29, 0.717) is 0 Å². The van der Waals surface area contributed by atoms with Crippen LogP contribution >= 0.6 is 0 Å². The number of halogens is 3. The van der Waals surface area contributed by atoms with Crippen LogP contribution in [-0.2, 0) is 16.1 Å². The van der Waals surface area contributed by atoms with Gasteiger partial charge in [0.15, 0.2) is 0 Å². The van der Waals surface area contributed by atoms with Crippen LogP contribution in [0.4, 0.5) is 13.2 Å². The summed E-state index contributed by atoms with van der Waals surface area (Å²) in [5.74, 6) is -1.44. The van der Waals surface area contributed by atoms with Crippen LogP contribution in [0.5, 0.6) is 0 Å². The standard InChI is InChI=1S/C20H24N2O2.C2HF3O2/c1-21-19(23)18(16-6-3-2-4-7-16)14-20(21)9-11-22(12-10-20)15-17-8-5-13-24-17;3-2(4,5)1(6)7/h2-8,13,18H,9-12,14-15H2,1H3;(H,6,7). The molecule has 4 rings (SSSR count). The molecule has 168 valence electrons. The average molecular weight is 438 g/mol. The van der Waals surface area contributed by atoms with E-state index in [2.05, 4.69) is 17.0 Å². The molecule has 0 radical (unpaired) electrons. The lowest BCUT2D eigenvalue weighted by atomic mass is 9.81. The third-order valence-electron chi connectivity index (χ3n) is 6.12. The minimum absolute atomic E-state index is 0.0211. The fourth-order valence-corrected chi connectivity index (χ4v) is 4.31. The summed E-state index contributed by atoms with van der Waals surface area (Å²) in [6.45, 7) is 2.89. The molecule has 1 aromatic carbocycles. The SMILES string of the molecule is CN1C(=O)C(c2ccccc2)CC12CCN(Cc1ccco1)CC2.O=C(O)C(F)(F)F. The van der Waals surface area contributed by atoms with E-state index in [-0.39, 0.29) is 17.4 Å². The number of nitrogens with zero attached hydrogens (tertiary/aromatic N) is 2. The number of rotatable bonds is 3. The summed E-state index contributed by atoms with van der Waals surface area (Å²) in [5, 5.41) is 7.12. The molecule has 2 aliphatic rings. The molecule has 6 nitrogen and oxygen atoms in total. The fraction of sp³-hybridized carbons (Fsp3) is 0.455. The second-order valence-electron chi connectivity index (χ2n) is 7.95. The lowest BCUT2D eigenvalue weighted by Gasteiger charge is -2.43. The maximum atomic E-state index is 12.8. The predicted molar refractivity (Wildman–Crippen MR) is 106 cm³/mol. The molecule has 1 aromatic heterocycles. The lowest BCUT2D eigenvalue weighted by Crippen LogP contribution is -2.51. The number of carboxylic acid groups (broad SMARTS) is 1. The smallest absolute Gasteiger partial charge is 0.475 e. The fourth-order valence-electron chi connectivity index (χ4n) is 4.31. The molecule has 1 spiro atoms. The number of furan rings is 1. The van der Waals surface area contributed by atoms with Crippen LogP contribution < -0.4 is 0 Å². The summed E-state index contributed by atoms with van der Waals surface area (Å²) in [6.07, 6.45) is -0.325. The Morgan fingerprint density at radius 2 is 1.77 bits per heavy atom. The summed E-state index contributed by atoms with van der Waals surface area (Å²) in [7, 11) is 1.99. The summed E-state index contributed by atoms with van der Waals surface area (Å²) >= 11 is 0. The van der Waals surface area contributed by atoms with Gasteiger partial charge in [-0.1, -0.05) is 30.3 Å². The maximum Gasteiger partial charge on any atom is 0.490 e. The Balaban J connectivity index is 0.000000339. The zero-order chi connectivity index (χ0) is 22.6. The number of hydrogen-bond acceptors (Lipinski definition) is 4. The Morgan fingerprint density at radius 3 is 2.29 bits per heavy atom. The van der Waals surface area contributed by atoms with E-state index in [1.807, 2.05) is 42.3 Å². The number of likely N-dealkylation sites (N-methyl/N-ethyl adjacent to an activating group) is 1. The van der Waals surface area contributed by atoms with Crippen LogP contribution in [0, 0.1) is 0 Å². The number of carboxylic acids is 1. The third kappa shape index (κ3) is 5.28. The summed E-state index contributed by atoms with van der Waals surface area (Å²) in [5.41, 5.74) is 1.18. The van der Waals surface area contributed by atoms with Crippen molar-refractivity contribution in [1.29, 1.82) is 0 Å². The van der Waals surface area contributed by atoms with Crippen molar-refractivity contribution in [2.24, 2.45) is 0 Å². The number of hydrogen-bond donors (Lipinski definition) is 1. The van der Waals surface area contributed by atoms with Crippen molar-refractivity contribution in [3.63, 3.8) is 0 Å². The Bertz CT molecular complexity index is 876. The molecule has 2 aliphatic heterocycles. The number of alkyl halides is 3. The van der Waals surface area contributed by atoms with Gasteiger partial charge < -0.3 is 14.4 Å². The highest BCUT2D eigenvalue weighted by Crippen LogP contribution is 2.44. The van der Waals surface area contributed by atoms with Gasteiger partial charge in [-0.2, -0.15) is 13.2 Å². The summed E-state index contributed by atoms with van der Waals surface area (Å²) < 4.78 is 37.2. The highest BCUT2D eigenvalue weighted by molar-refractivity contribution is 5.87. The Hall–Kier alpha value is -2.81. The third-order valence-corrected chi connectivity index (χ3v) is 6.12. The van der Waals surface area contributed by atoms with Crippen LogP contribution in [0.2, 0.25) is 0 Å². The molecule has 2 fully saturated rings. The first-order chi connectivity index (χ1) is 14.6. The van der Waals surface area contributed by atoms with Crippen LogP contribution in [0.3, 0.4) is 0 Å². The highest BCUT2D eigenvalue weighted by atomic mass is 19.4. The van der Waals surface area contributed by atoms with Gasteiger partial charge in [-0.15, -0.1) is 0 Å². The van der Waals surface area contributed by atoms with Gasteiger partial charge in [0.2, 0.25) is 5.91 Å². The minimum Gasteiger partial charge on any atom is -0.475 e.